The minimum atomic E-state index is -3.60. The molecule has 2 aliphatic carbocycles. The highest BCUT2D eigenvalue weighted by Crippen LogP contribution is 2.49. The first-order valence-electron chi connectivity index (χ1n) is 9.67. The number of rotatable bonds is 9. The molecule has 0 saturated heterocycles. The van der Waals surface area contributed by atoms with E-state index in [2.05, 4.69) is 10.8 Å². The maximum atomic E-state index is 13.2. The molecule has 0 amide bonds. The first-order valence-corrected chi connectivity index (χ1v) is 11.2. The van der Waals surface area contributed by atoms with Crippen LogP contribution in [0.2, 0.25) is 0 Å². The summed E-state index contributed by atoms with van der Waals surface area (Å²) in [6, 6.07) is 5.70. The fraction of sp³-hybridized carbons (Fsp3) is 0.476. The molecule has 2 saturated carbocycles. The quantitative estimate of drug-likeness (QED) is 0.480. The molecule has 4 unspecified atom stereocenters. The Hall–Kier alpha value is -1.99. The monoisotopic (exact) mass is 407 g/mol. The highest BCUT2D eigenvalue weighted by molar-refractivity contribution is 7.92. The first kappa shape index (κ1) is 20.7. The van der Waals surface area contributed by atoms with Gasteiger partial charge in [-0.05, 0) is 73.6 Å². The largest absolute Gasteiger partial charge is 0.481 e. The Bertz CT molecular complexity index is 865. The van der Waals surface area contributed by atoms with Crippen LogP contribution in [0.5, 0.6) is 0 Å². The molecule has 1 aromatic rings. The van der Waals surface area contributed by atoms with Crippen LogP contribution in [0.3, 0.4) is 0 Å². The van der Waals surface area contributed by atoms with Crippen molar-refractivity contribution in [1.29, 1.82) is 0 Å². The summed E-state index contributed by atoms with van der Waals surface area (Å²) in [5, 5.41) is 9.77. The Kier molecular flexibility index (Phi) is 6.67. The molecule has 4 atom stereocenters. The number of benzene rings is 1. The number of aliphatic carboxylic acids is 1. The van der Waals surface area contributed by atoms with E-state index in [4.69, 9.17) is 5.11 Å². The fourth-order valence-corrected chi connectivity index (χ4v) is 5.54. The number of unbranched alkanes of at least 4 members (excludes halogenated alkanes) is 1. The van der Waals surface area contributed by atoms with Crippen molar-refractivity contribution in [1.82, 2.24) is 4.72 Å². The summed E-state index contributed by atoms with van der Waals surface area (Å²) in [4.78, 5) is 10.5. The van der Waals surface area contributed by atoms with Crippen molar-refractivity contribution in [2.45, 2.75) is 44.6 Å². The van der Waals surface area contributed by atoms with Crippen LogP contribution < -0.4 is 4.72 Å². The highest BCUT2D eigenvalue weighted by atomic mass is 32.2. The maximum absolute atomic E-state index is 13.2. The zero-order chi connectivity index (χ0) is 20.1. The Balaban J connectivity index is 1.55. The van der Waals surface area contributed by atoms with Gasteiger partial charge in [-0.2, -0.15) is 0 Å². The molecule has 0 aliphatic heterocycles. The average Bonchev–Trinajstić information content (AvgIpc) is 3.19. The van der Waals surface area contributed by atoms with Gasteiger partial charge in [0.05, 0.1) is 0 Å². The van der Waals surface area contributed by atoms with Crippen molar-refractivity contribution in [3.63, 3.8) is 0 Å². The van der Waals surface area contributed by atoms with Gasteiger partial charge in [0.25, 0.3) is 0 Å². The Morgan fingerprint density at radius 2 is 2.11 bits per heavy atom. The van der Waals surface area contributed by atoms with Crippen LogP contribution in [0, 0.1) is 23.6 Å². The van der Waals surface area contributed by atoms with E-state index in [0.29, 0.717) is 23.8 Å². The molecular formula is C21H26FNO4S. The molecule has 5 nitrogen and oxygen atoms in total. The molecule has 0 aromatic heterocycles. The van der Waals surface area contributed by atoms with Gasteiger partial charge in [-0.3, -0.25) is 4.79 Å². The van der Waals surface area contributed by atoms with E-state index in [1.807, 2.05) is 6.08 Å². The van der Waals surface area contributed by atoms with Gasteiger partial charge in [0, 0.05) is 17.9 Å². The van der Waals surface area contributed by atoms with Crippen molar-refractivity contribution >= 4 is 22.1 Å². The Morgan fingerprint density at radius 3 is 2.82 bits per heavy atom. The van der Waals surface area contributed by atoms with Crippen molar-refractivity contribution in [2.75, 3.05) is 0 Å². The van der Waals surface area contributed by atoms with Gasteiger partial charge in [0.1, 0.15) is 5.82 Å². The van der Waals surface area contributed by atoms with Crippen molar-refractivity contribution in [3.8, 4) is 0 Å². The number of fused-ring (bicyclic) bond motifs is 2. The van der Waals surface area contributed by atoms with E-state index in [1.165, 1.54) is 18.2 Å². The third kappa shape index (κ3) is 5.75. The van der Waals surface area contributed by atoms with E-state index in [1.54, 1.807) is 12.1 Å². The molecule has 1 aromatic carbocycles. The third-order valence-electron chi connectivity index (χ3n) is 5.61. The van der Waals surface area contributed by atoms with Crippen LogP contribution >= 0.6 is 0 Å². The topological polar surface area (TPSA) is 83.5 Å². The van der Waals surface area contributed by atoms with E-state index in [0.717, 1.165) is 31.1 Å². The van der Waals surface area contributed by atoms with E-state index in [9.17, 15) is 17.6 Å². The van der Waals surface area contributed by atoms with Gasteiger partial charge < -0.3 is 5.11 Å². The lowest BCUT2D eigenvalue weighted by atomic mass is 9.85. The lowest BCUT2D eigenvalue weighted by Gasteiger charge is -2.27. The third-order valence-corrected chi connectivity index (χ3v) is 6.74. The van der Waals surface area contributed by atoms with E-state index in [-0.39, 0.29) is 18.4 Å². The Labute approximate surface area is 165 Å². The van der Waals surface area contributed by atoms with Gasteiger partial charge in [-0.15, -0.1) is 0 Å². The summed E-state index contributed by atoms with van der Waals surface area (Å²) in [5.74, 6) is -0.0483. The molecule has 3 rings (SSSR count). The molecular weight excluding hydrogens is 381 g/mol. The number of allylic oxidation sites excluding steroid dienone is 2. The number of carboxylic acid groups (broad SMARTS) is 1. The molecule has 7 heteroatoms. The molecule has 152 valence electrons. The maximum Gasteiger partial charge on any atom is 0.303 e. The molecule has 2 bridgehead atoms. The van der Waals surface area contributed by atoms with Gasteiger partial charge in [-0.25, -0.2) is 17.5 Å². The summed E-state index contributed by atoms with van der Waals surface area (Å²) in [6.07, 6.45) is 10.0. The first-order chi connectivity index (χ1) is 13.3. The predicted molar refractivity (Wildman–Crippen MR) is 106 cm³/mol. The van der Waals surface area contributed by atoms with Crippen LogP contribution in [0.15, 0.2) is 41.8 Å². The second kappa shape index (κ2) is 9.01. The predicted octanol–water partition coefficient (Wildman–Crippen LogP) is 3.94. The normalized spacial score (nSPS) is 27.2. The van der Waals surface area contributed by atoms with Crippen molar-refractivity contribution in [3.05, 3.63) is 53.2 Å². The number of hydrogen-bond donors (Lipinski definition) is 2. The SMILES string of the molecule is O=C(O)CCC/C=C/C1CC2CC(NS(=O)(=O)/C=C/c3cccc(F)c3)C1C2. The summed E-state index contributed by atoms with van der Waals surface area (Å²) in [6.45, 7) is 0. The summed E-state index contributed by atoms with van der Waals surface area (Å²) in [7, 11) is -3.60. The second-order valence-electron chi connectivity index (χ2n) is 7.74. The fourth-order valence-electron chi connectivity index (χ4n) is 4.43. The van der Waals surface area contributed by atoms with E-state index >= 15 is 0 Å². The number of carbonyl (C=O) groups is 1. The van der Waals surface area contributed by atoms with Crippen LogP contribution in [0.4, 0.5) is 4.39 Å². The minimum absolute atomic E-state index is 0.0884. The van der Waals surface area contributed by atoms with Crippen molar-refractivity contribution in [2.24, 2.45) is 17.8 Å². The Morgan fingerprint density at radius 1 is 1.29 bits per heavy atom. The van der Waals surface area contributed by atoms with E-state index < -0.39 is 21.8 Å². The van der Waals surface area contributed by atoms with Crippen LogP contribution in [-0.4, -0.2) is 25.5 Å². The molecule has 28 heavy (non-hydrogen) atoms. The number of carboxylic acids is 1. The van der Waals surface area contributed by atoms with Crippen LogP contribution in [0.1, 0.15) is 44.1 Å². The molecule has 2 fully saturated rings. The van der Waals surface area contributed by atoms with Gasteiger partial charge in [0.2, 0.25) is 10.0 Å². The van der Waals surface area contributed by atoms with Crippen LogP contribution in [0.25, 0.3) is 6.08 Å². The summed E-state index contributed by atoms with van der Waals surface area (Å²) >= 11 is 0. The second-order valence-corrected chi connectivity index (χ2v) is 9.34. The van der Waals surface area contributed by atoms with Crippen LogP contribution in [-0.2, 0) is 14.8 Å². The molecule has 0 radical (unpaired) electrons. The zero-order valence-electron chi connectivity index (χ0n) is 15.6. The number of halogens is 1. The standard InChI is InChI=1S/C21H26FNO4S/c22-18-7-4-5-15(12-18)9-10-28(26,27)23-20-14-16-11-17(19(20)13-16)6-2-1-3-8-21(24)25/h2,4-7,9-10,12,16-17,19-20,23H,1,3,8,11,13-14H2,(H,24,25)/b6-2+,10-9+. The van der Waals surface area contributed by atoms with Crippen molar-refractivity contribution < 1.29 is 22.7 Å². The highest BCUT2D eigenvalue weighted by Gasteiger charge is 2.46. The minimum Gasteiger partial charge on any atom is -0.481 e. The number of nitrogens with one attached hydrogen (secondary N) is 1. The molecule has 0 spiro atoms. The lowest BCUT2D eigenvalue weighted by Crippen LogP contribution is -2.40. The molecule has 2 N–H and O–H groups in total. The lowest BCUT2D eigenvalue weighted by molar-refractivity contribution is -0.137. The van der Waals surface area contributed by atoms with Gasteiger partial charge in [0.15, 0.2) is 0 Å². The number of hydrogen-bond acceptors (Lipinski definition) is 3. The van der Waals surface area contributed by atoms with Gasteiger partial charge >= 0.3 is 5.97 Å². The van der Waals surface area contributed by atoms with Gasteiger partial charge in [-0.1, -0.05) is 24.3 Å². The number of sulfonamides is 1. The zero-order valence-corrected chi connectivity index (χ0v) is 16.4. The summed E-state index contributed by atoms with van der Waals surface area (Å²) < 4.78 is 40.9. The smallest absolute Gasteiger partial charge is 0.303 e. The molecule has 2 aliphatic rings. The average molecular weight is 408 g/mol. The molecule has 0 heterocycles. The summed E-state index contributed by atoms with van der Waals surface area (Å²) in [5.41, 5.74) is 0.500.